The minimum atomic E-state index is -3.75. The van der Waals surface area contributed by atoms with Gasteiger partial charge in [-0.2, -0.15) is 0 Å². The van der Waals surface area contributed by atoms with Crippen LogP contribution >= 0.6 is 0 Å². The van der Waals surface area contributed by atoms with Crippen LogP contribution in [0.3, 0.4) is 0 Å². The average Bonchev–Trinajstić information content (AvgIpc) is 3.71. The average molecular weight is 623 g/mol. The van der Waals surface area contributed by atoms with E-state index < -0.39 is 21.3 Å². The lowest BCUT2D eigenvalue weighted by molar-refractivity contribution is 0.0752. The number of hydrogen-bond donors (Lipinski definition) is 0. The van der Waals surface area contributed by atoms with Crippen molar-refractivity contribution in [3.05, 3.63) is 125 Å². The molecule has 0 aromatic heterocycles. The highest BCUT2D eigenvalue weighted by Gasteiger charge is 2.39. The van der Waals surface area contributed by atoms with Gasteiger partial charge in [-0.15, -0.1) is 0 Å². The topological polar surface area (TPSA) is 85.3 Å². The third-order valence-electron chi connectivity index (χ3n) is 8.44. The Morgan fingerprint density at radius 3 is 2.27 bits per heavy atom. The van der Waals surface area contributed by atoms with Gasteiger partial charge in [-0.3, -0.25) is 0 Å². The van der Waals surface area contributed by atoms with Crippen molar-refractivity contribution < 1.29 is 22.7 Å². The summed E-state index contributed by atoms with van der Waals surface area (Å²) in [5.74, 6) is 0.255. The van der Waals surface area contributed by atoms with Crippen LogP contribution in [0.25, 0.3) is 11.1 Å². The molecule has 2 atom stereocenters. The van der Waals surface area contributed by atoms with E-state index in [0.29, 0.717) is 13.2 Å². The molecule has 0 saturated heterocycles. The summed E-state index contributed by atoms with van der Waals surface area (Å²) in [6, 6.07) is 31.1. The van der Waals surface area contributed by atoms with Crippen LogP contribution in [0.5, 0.6) is 0 Å². The molecule has 2 unspecified atom stereocenters. The van der Waals surface area contributed by atoms with Crippen molar-refractivity contribution >= 4 is 22.3 Å². The van der Waals surface area contributed by atoms with Gasteiger partial charge >= 0.3 is 6.09 Å². The van der Waals surface area contributed by atoms with Crippen LogP contribution in [0.2, 0.25) is 0 Å². The van der Waals surface area contributed by atoms with Gasteiger partial charge in [-0.25, -0.2) is 18.2 Å². The molecule has 0 N–H and O–H groups in total. The van der Waals surface area contributed by atoms with Gasteiger partial charge in [0.05, 0.1) is 11.5 Å². The summed E-state index contributed by atoms with van der Waals surface area (Å²) < 4.78 is 38.4. The molecule has 45 heavy (non-hydrogen) atoms. The first-order valence-corrected chi connectivity index (χ1v) is 16.9. The molecule has 232 valence electrons. The van der Waals surface area contributed by atoms with Crippen molar-refractivity contribution in [1.82, 2.24) is 4.90 Å². The number of hydrogen-bond acceptors (Lipinski definition) is 6. The second-order valence-corrected chi connectivity index (χ2v) is 14.4. The molecule has 2 aliphatic rings. The normalized spacial score (nSPS) is 17.7. The van der Waals surface area contributed by atoms with Crippen LogP contribution in [0.1, 0.15) is 47.8 Å². The van der Waals surface area contributed by atoms with Crippen LogP contribution in [0, 0.1) is 12.8 Å². The molecule has 0 bridgehead atoms. The Labute approximate surface area is 265 Å². The number of benzene rings is 4. The van der Waals surface area contributed by atoms with E-state index in [9.17, 15) is 13.2 Å². The molecule has 8 heteroatoms. The first-order chi connectivity index (χ1) is 21.7. The Morgan fingerprint density at radius 2 is 1.60 bits per heavy atom. The number of aryl methyl sites for hydroxylation is 1. The highest BCUT2D eigenvalue weighted by atomic mass is 32.2. The third-order valence-corrected chi connectivity index (χ3v) is 10.4. The summed E-state index contributed by atoms with van der Waals surface area (Å²) in [5, 5.41) is -1.07. The number of sulfone groups is 1. The highest BCUT2D eigenvalue weighted by molar-refractivity contribution is 7.92. The molecule has 4 aromatic carbocycles. The van der Waals surface area contributed by atoms with E-state index in [2.05, 4.69) is 17.1 Å². The Bertz CT molecular complexity index is 1770. The first kappa shape index (κ1) is 30.6. The molecule has 7 nitrogen and oxygen atoms in total. The number of ether oxygens (including phenoxy) is 2. The molecule has 0 saturated carbocycles. The van der Waals surface area contributed by atoms with E-state index in [0.717, 1.165) is 40.7 Å². The third kappa shape index (κ3) is 6.66. The van der Waals surface area contributed by atoms with Crippen molar-refractivity contribution in [1.29, 1.82) is 0 Å². The predicted molar refractivity (Wildman–Crippen MR) is 176 cm³/mol. The maximum atomic E-state index is 13.5. The van der Waals surface area contributed by atoms with Gasteiger partial charge in [0.2, 0.25) is 9.84 Å². The summed E-state index contributed by atoms with van der Waals surface area (Å²) in [7, 11) is -3.75. The lowest BCUT2D eigenvalue weighted by atomic mass is 9.99. The first-order valence-electron chi connectivity index (χ1n) is 15.4. The Kier molecular flexibility index (Phi) is 8.76. The van der Waals surface area contributed by atoms with Gasteiger partial charge < -0.3 is 14.4 Å². The Morgan fingerprint density at radius 1 is 0.911 bits per heavy atom. The van der Waals surface area contributed by atoms with Gasteiger partial charge in [-0.1, -0.05) is 98.3 Å². The van der Waals surface area contributed by atoms with Crippen molar-refractivity contribution in [2.45, 2.75) is 62.6 Å². The van der Waals surface area contributed by atoms with Crippen molar-refractivity contribution in [2.24, 2.45) is 10.9 Å². The lowest BCUT2D eigenvalue weighted by Gasteiger charge is -2.29. The molecular formula is C37H38N2O5S. The van der Waals surface area contributed by atoms with Gasteiger partial charge in [0.1, 0.15) is 0 Å². The predicted octanol–water partition coefficient (Wildman–Crippen LogP) is 7.32. The molecular weight excluding hydrogens is 584 g/mol. The van der Waals surface area contributed by atoms with Crippen molar-refractivity contribution in [3.63, 3.8) is 0 Å². The van der Waals surface area contributed by atoms with Crippen molar-refractivity contribution in [2.75, 3.05) is 6.61 Å². The van der Waals surface area contributed by atoms with Gasteiger partial charge in [0, 0.05) is 12.6 Å². The zero-order chi connectivity index (χ0) is 31.6. The zero-order valence-corrected chi connectivity index (χ0v) is 26.6. The van der Waals surface area contributed by atoms with Crippen LogP contribution < -0.4 is 0 Å². The van der Waals surface area contributed by atoms with E-state index in [1.165, 1.54) is 17.5 Å². The van der Waals surface area contributed by atoms with Crippen LogP contribution in [0.15, 0.2) is 107 Å². The second-order valence-electron chi connectivity index (χ2n) is 12.3. The van der Waals surface area contributed by atoms with Gasteiger partial charge in [-0.05, 0) is 77.3 Å². The van der Waals surface area contributed by atoms with Crippen LogP contribution in [-0.4, -0.2) is 43.8 Å². The van der Waals surface area contributed by atoms with E-state index in [1.54, 1.807) is 24.3 Å². The summed E-state index contributed by atoms with van der Waals surface area (Å²) in [4.78, 5) is 19.6. The molecule has 1 heterocycles. The summed E-state index contributed by atoms with van der Waals surface area (Å²) in [6.45, 7) is 6.81. The van der Waals surface area contributed by atoms with Gasteiger partial charge in [0.25, 0.3) is 0 Å². The maximum Gasteiger partial charge on any atom is 0.410 e. The quantitative estimate of drug-likeness (QED) is 0.195. The van der Waals surface area contributed by atoms with E-state index in [4.69, 9.17) is 9.47 Å². The standard InChI is InChI=1S/C37H38N2O5S/c1-25(2)23-43-37(40)39(33-20-30-7-4-5-8-31(30)21-33)22-27-13-15-28(16-14-27)29-9-6-10-32(19-29)35-36(38-24-44-35)45(41,42)34-17-11-26(3)12-18-34/h4-19,24-25,33,35-36H,20-23H2,1-3H3. The summed E-state index contributed by atoms with van der Waals surface area (Å²) in [6.07, 6.45) is 1.82. The molecule has 1 amide bonds. The second kappa shape index (κ2) is 12.9. The number of fused-ring (bicyclic) bond motifs is 1. The SMILES string of the molecule is Cc1ccc(S(=O)(=O)C2N=COC2c2cccc(-c3ccc(CN(C(=O)OCC(C)C)C4Cc5ccccc5C4)cc3)c2)cc1. The lowest BCUT2D eigenvalue weighted by Crippen LogP contribution is -2.41. The zero-order valence-electron chi connectivity index (χ0n) is 25.8. The number of rotatable bonds is 9. The van der Waals surface area contributed by atoms with Crippen LogP contribution in [-0.2, 0) is 38.7 Å². The maximum absolute atomic E-state index is 13.5. The number of amides is 1. The molecule has 0 fully saturated rings. The fourth-order valence-corrected chi connectivity index (χ4v) is 7.52. The molecule has 1 aliphatic heterocycles. The fraction of sp³-hybridized carbons (Fsp3) is 0.297. The summed E-state index contributed by atoms with van der Waals surface area (Å²) in [5.41, 5.74) is 7.19. The Hall–Kier alpha value is -4.43. The number of aliphatic imine (C=N–C) groups is 1. The minimum absolute atomic E-state index is 0.0381. The fourth-order valence-electron chi connectivity index (χ4n) is 5.97. The monoisotopic (exact) mass is 622 g/mol. The smallest absolute Gasteiger partial charge is 0.410 e. The minimum Gasteiger partial charge on any atom is -0.472 e. The Balaban J connectivity index is 1.20. The number of nitrogens with zero attached hydrogens (tertiary/aromatic N) is 2. The van der Waals surface area contributed by atoms with Gasteiger partial charge in [0.15, 0.2) is 17.9 Å². The number of carbonyl (C=O) groups excluding carboxylic acids is 1. The van der Waals surface area contributed by atoms with E-state index in [1.807, 2.05) is 86.3 Å². The summed E-state index contributed by atoms with van der Waals surface area (Å²) >= 11 is 0. The largest absolute Gasteiger partial charge is 0.472 e. The van der Waals surface area contributed by atoms with Crippen LogP contribution in [0.4, 0.5) is 4.79 Å². The molecule has 6 rings (SSSR count). The van der Waals surface area contributed by atoms with Crippen molar-refractivity contribution in [3.8, 4) is 11.1 Å². The highest BCUT2D eigenvalue weighted by Crippen LogP contribution is 2.36. The molecule has 4 aromatic rings. The van der Waals surface area contributed by atoms with E-state index >= 15 is 0 Å². The molecule has 0 radical (unpaired) electrons. The number of carbonyl (C=O) groups is 1. The molecule has 1 aliphatic carbocycles. The van der Waals surface area contributed by atoms with E-state index in [-0.39, 0.29) is 22.9 Å². The molecule has 0 spiro atoms.